The maximum absolute atomic E-state index is 13.1. The molecule has 4 atom stereocenters. The van der Waals surface area contributed by atoms with Crippen LogP contribution in [0.4, 0.5) is 0 Å². The fraction of sp³-hybridized carbons (Fsp3) is 0.207. The lowest BCUT2D eigenvalue weighted by molar-refractivity contribution is -0.0796. The molecule has 0 aliphatic carbocycles. The van der Waals surface area contributed by atoms with E-state index in [9.17, 15) is 14.4 Å². The van der Waals surface area contributed by atoms with E-state index in [-0.39, 0.29) is 6.61 Å². The molecule has 1 saturated heterocycles. The smallest absolute Gasteiger partial charge is 0.338 e. The third-order valence-electron chi connectivity index (χ3n) is 6.08. The predicted octanol–water partition coefficient (Wildman–Crippen LogP) is 4.50. The van der Waals surface area contributed by atoms with Crippen molar-refractivity contribution < 1.29 is 33.3 Å². The predicted molar refractivity (Wildman–Crippen MR) is 140 cm³/mol. The fourth-order valence-corrected chi connectivity index (χ4v) is 4.91. The molecule has 5 rings (SSSR count). The quantitative estimate of drug-likeness (QED) is 0.308. The first-order valence-corrected chi connectivity index (χ1v) is 13.1. The lowest BCUT2D eigenvalue weighted by Gasteiger charge is -2.29. The van der Waals surface area contributed by atoms with E-state index in [1.54, 1.807) is 103 Å². The maximum Gasteiger partial charge on any atom is 0.338 e. The van der Waals surface area contributed by atoms with Crippen LogP contribution in [-0.4, -0.2) is 59.8 Å². The zero-order valence-corrected chi connectivity index (χ0v) is 21.1. The lowest BCUT2D eigenvalue weighted by atomic mass is 10.1. The number of ether oxygens (including phenoxy) is 4. The molecule has 0 saturated carbocycles. The number of thioether (sulfide) groups is 1. The SMILES string of the molecule is O=C(OC[C@H]1O[C@@H](N2C=CSC2)[C@H](OC(=O)c2ccccc2)[C@@H]1OC(=O)c1ccccc1)c1ccccc1. The highest BCUT2D eigenvalue weighted by Crippen LogP contribution is 2.34. The summed E-state index contributed by atoms with van der Waals surface area (Å²) in [5.41, 5.74) is 1.07. The van der Waals surface area contributed by atoms with Crippen LogP contribution in [0, 0.1) is 0 Å². The van der Waals surface area contributed by atoms with Crippen molar-refractivity contribution in [2.75, 3.05) is 12.5 Å². The molecule has 1 fully saturated rings. The van der Waals surface area contributed by atoms with E-state index >= 15 is 0 Å². The van der Waals surface area contributed by atoms with Gasteiger partial charge < -0.3 is 23.8 Å². The summed E-state index contributed by atoms with van der Waals surface area (Å²) in [7, 11) is 0. The van der Waals surface area contributed by atoms with Gasteiger partial charge in [0.2, 0.25) is 0 Å². The molecule has 0 amide bonds. The average Bonchev–Trinajstić information content (AvgIpc) is 3.62. The minimum absolute atomic E-state index is 0.207. The molecule has 0 spiro atoms. The van der Waals surface area contributed by atoms with E-state index in [1.807, 2.05) is 16.5 Å². The van der Waals surface area contributed by atoms with E-state index in [1.165, 1.54) is 0 Å². The van der Waals surface area contributed by atoms with Crippen LogP contribution in [0.25, 0.3) is 0 Å². The molecule has 0 bridgehead atoms. The Labute approximate surface area is 224 Å². The molecule has 3 aromatic carbocycles. The molecule has 0 N–H and O–H groups in total. The summed E-state index contributed by atoms with van der Waals surface area (Å²) in [6, 6.07) is 25.6. The van der Waals surface area contributed by atoms with Gasteiger partial charge in [-0.15, -0.1) is 11.8 Å². The highest BCUT2D eigenvalue weighted by atomic mass is 32.2. The van der Waals surface area contributed by atoms with Gasteiger partial charge in [0.25, 0.3) is 0 Å². The van der Waals surface area contributed by atoms with Crippen molar-refractivity contribution in [3.05, 3.63) is 119 Å². The lowest BCUT2D eigenvalue weighted by Crippen LogP contribution is -2.45. The third kappa shape index (κ3) is 5.90. The second-order valence-electron chi connectivity index (χ2n) is 8.60. The second-order valence-corrected chi connectivity index (χ2v) is 9.46. The Morgan fingerprint density at radius 2 is 1.24 bits per heavy atom. The van der Waals surface area contributed by atoms with Crippen molar-refractivity contribution in [3.8, 4) is 0 Å². The number of rotatable bonds is 8. The molecule has 194 valence electrons. The van der Waals surface area contributed by atoms with Crippen LogP contribution in [0.5, 0.6) is 0 Å². The van der Waals surface area contributed by atoms with Crippen molar-refractivity contribution in [3.63, 3.8) is 0 Å². The van der Waals surface area contributed by atoms with E-state index in [0.29, 0.717) is 22.6 Å². The highest BCUT2D eigenvalue weighted by molar-refractivity contribution is 8.02. The van der Waals surface area contributed by atoms with Gasteiger partial charge in [0.15, 0.2) is 18.4 Å². The topological polar surface area (TPSA) is 91.4 Å². The molecular formula is C29H25NO7S. The molecular weight excluding hydrogens is 506 g/mol. The van der Waals surface area contributed by atoms with Crippen LogP contribution in [0.2, 0.25) is 0 Å². The minimum atomic E-state index is -1.04. The summed E-state index contributed by atoms with van der Waals surface area (Å²) < 4.78 is 23.6. The summed E-state index contributed by atoms with van der Waals surface area (Å²) in [6.07, 6.45) is -1.84. The molecule has 0 radical (unpaired) electrons. The van der Waals surface area contributed by atoms with Crippen molar-refractivity contribution >= 4 is 29.7 Å². The first-order valence-electron chi connectivity index (χ1n) is 12.0. The minimum Gasteiger partial charge on any atom is -0.459 e. The monoisotopic (exact) mass is 531 g/mol. The summed E-state index contributed by atoms with van der Waals surface area (Å²) in [4.78, 5) is 40.6. The number of esters is 3. The van der Waals surface area contributed by atoms with E-state index in [4.69, 9.17) is 18.9 Å². The van der Waals surface area contributed by atoms with Gasteiger partial charge in [-0.05, 0) is 41.8 Å². The molecule has 0 aromatic heterocycles. The normalized spacial score (nSPS) is 22.2. The summed E-state index contributed by atoms with van der Waals surface area (Å²) in [5.74, 6) is -1.17. The Hall–Kier alpha value is -4.08. The zero-order chi connectivity index (χ0) is 26.3. The first kappa shape index (κ1) is 25.6. The molecule has 0 unspecified atom stereocenters. The van der Waals surface area contributed by atoms with Crippen molar-refractivity contribution in [2.24, 2.45) is 0 Å². The number of carbonyl (C=O) groups excluding carboxylic acids is 3. The highest BCUT2D eigenvalue weighted by Gasteiger charge is 2.52. The Morgan fingerprint density at radius 3 is 1.74 bits per heavy atom. The Balaban J connectivity index is 1.41. The van der Waals surface area contributed by atoms with Crippen molar-refractivity contribution in [1.82, 2.24) is 4.90 Å². The maximum atomic E-state index is 13.1. The molecule has 2 aliphatic heterocycles. The van der Waals surface area contributed by atoms with Gasteiger partial charge in [0.05, 0.1) is 22.6 Å². The molecule has 2 heterocycles. The number of hydrogen-bond acceptors (Lipinski definition) is 9. The van der Waals surface area contributed by atoms with Gasteiger partial charge in [0.1, 0.15) is 12.7 Å². The van der Waals surface area contributed by atoms with E-state index < -0.39 is 42.4 Å². The molecule has 3 aromatic rings. The number of nitrogens with zero attached hydrogens (tertiary/aromatic N) is 1. The van der Waals surface area contributed by atoms with E-state index in [0.717, 1.165) is 0 Å². The summed E-state index contributed by atoms with van der Waals surface area (Å²) in [5, 5.41) is 1.90. The number of carbonyl (C=O) groups is 3. The van der Waals surface area contributed by atoms with E-state index in [2.05, 4.69) is 0 Å². The molecule has 9 heteroatoms. The van der Waals surface area contributed by atoms with Crippen molar-refractivity contribution in [1.29, 1.82) is 0 Å². The number of hydrogen-bond donors (Lipinski definition) is 0. The third-order valence-corrected chi connectivity index (χ3v) is 6.84. The van der Waals surface area contributed by atoms with Crippen LogP contribution >= 0.6 is 11.8 Å². The Kier molecular flexibility index (Phi) is 8.06. The van der Waals surface area contributed by atoms with Gasteiger partial charge >= 0.3 is 17.9 Å². The van der Waals surface area contributed by atoms with Crippen LogP contribution in [-0.2, 0) is 18.9 Å². The average molecular weight is 532 g/mol. The van der Waals surface area contributed by atoms with Crippen LogP contribution < -0.4 is 0 Å². The van der Waals surface area contributed by atoms with Gasteiger partial charge in [-0.25, -0.2) is 14.4 Å². The van der Waals surface area contributed by atoms with Gasteiger partial charge in [-0.2, -0.15) is 0 Å². The second kappa shape index (κ2) is 12.0. The van der Waals surface area contributed by atoms with Crippen LogP contribution in [0.3, 0.4) is 0 Å². The number of benzene rings is 3. The standard InChI is InChI=1S/C29H25NO7S/c31-27(20-10-4-1-5-11-20)34-18-23-24(36-28(32)21-12-6-2-7-13-21)25(26(35-23)30-16-17-38-19-30)37-29(33)22-14-8-3-9-15-22/h1-17,23-26H,18-19H2/t23-,24-,25-,26-/m1/s1. The largest absolute Gasteiger partial charge is 0.459 e. The van der Waals surface area contributed by atoms with Gasteiger partial charge in [0, 0.05) is 6.20 Å². The first-order chi connectivity index (χ1) is 18.6. The van der Waals surface area contributed by atoms with Crippen molar-refractivity contribution in [2.45, 2.75) is 24.5 Å². The molecule has 8 nitrogen and oxygen atoms in total. The van der Waals surface area contributed by atoms with Gasteiger partial charge in [-0.3, -0.25) is 0 Å². The van der Waals surface area contributed by atoms with Gasteiger partial charge in [-0.1, -0.05) is 54.6 Å². The Morgan fingerprint density at radius 1 is 0.737 bits per heavy atom. The van der Waals surface area contributed by atoms with Crippen LogP contribution in [0.1, 0.15) is 31.1 Å². The summed E-state index contributed by atoms with van der Waals surface area (Å²) >= 11 is 1.55. The zero-order valence-electron chi connectivity index (χ0n) is 20.3. The van der Waals surface area contributed by atoms with Crippen LogP contribution in [0.15, 0.2) is 103 Å². The summed E-state index contributed by atoms with van der Waals surface area (Å²) in [6.45, 7) is -0.207. The Bertz CT molecular complexity index is 1290. The fourth-order valence-electron chi connectivity index (χ4n) is 4.18. The molecule has 38 heavy (non-hydrogen) atoms. The molecule has 2 aliphatic rings.